The number of likely N-dealkylation sites (N-methyl/N-ethyl adjacent to an activating group) is 1. The Bertz CT molecular complexity index is 560. The summed E-state index contributed by atoms with van der Waals surface area (Å²) < 4.78 is 5.31. The first-order valence-electron chi connectivity index (χ1n) is 9.46. The number of rotatable bonds is 5. The van der Waals surface area contributed by atoms with Crippen molar-refractivity contribution in [2.24, 2.45) is 0 Å². The van der Waals surface area contributed by atoms with Crippen molar-refractivity contribution in [3.05, 3.63) is 17.5 Å². The molecule has 0 radical (unpaired) electrons. The second kappa shape index (κ2) is 8.29. The molecule has 0 spiro atoms. The van der Waals surface area contributed by atoms with E-state index in [4.69, 9.17) is 4.52 Å². The second-order valence-corrected chi connectivity index (χ2v) is 7.18. The van der Waals surface area contributed by atoms with E-state index in [1.807, 2.05) is 17.9 Å². The quantitative estimate of drug-likeness (QED) is 0.778. The highest BCUT2D eigenvalue weighted by atomic mass is 16.5. The van der Waals surface area contributed by atoms with Crippen LogP contribution in [0.2, 0.25) is 0 Å². The van der Waals surface area contributed by atoms with E-state index in [2.05, 4.69) is 33.7 Å². The van der Waals surface area contributed by atoms with Crippen LogP contribution in [-0.4, -0.2) is 95.6 Å². The topological polar surface area (TPSA) is 56.1 Å². The van der Waals surface area contributed by atoms with Gasteiger partial charge < -0.3 is 14.3 Å². The molecule has 1 atom stereocenters. The molecule has 1 aromatic heterocycles. The van der Waals surface area contributed by atoms with Crippen LogP contribution in [0.25, 0.3) is 0 Å². The Labute approximate surface area is 150 Å². The molecular formula is C18H31N5O2. The van der Waals surface area contributed by atoms with E-state index < -0.39 is 0 Å². The Balaban J connectivity index is 1.44. The summed E-state index contributed by atoms with van der Waals surface area (Å²) in [5, 5.41) is 3.95. The number of hydrogen-bond donors (Lipinski definition) is 0. The van der Waals surface area contributed by atoms with Crippen molar-refractivity contribution >= 4 is 5.91 Å². The van der Waals surface area contributed by atoms with Gasteiger partial charge in [-0.3, -0.25) is 14.6 Å². The first-order chi connectivity index (χ1) is 12.1. The molecular weight excluding hydrogens is 318 g/mol. The fraction of sp³-hybridized carbons (Fsp3) is 0.778. The molecule has 1 amide bonds. The predicted molar refractivity (Wildman–Crippen MR) is 96.2 cm³/mol. The molecule has 3 heterocycles. The van der Waals surface area contributed by atoms with Gasteiger partial charge in [-0.1, -0.05) is 12.1 Å². The molecule has 25 heavy (non-hydrogen) atoms. The summed E-state index contributed by atoms with van der Waals surface area (Å²) in [6, 6.07) is 1.97. The molecule has 2 aliphatic rings. The van der Waals surface area contributed by atoms with Gasteiger partial charge in [0, 0.05) is 58.4 Å². The number of nitrogens with zero attached hydrogens (tertiary/aromatic N) is 5. The Kier molecular flexibility index (Phi) is 6.09. The number of piperazine rings is 2. The van der Waals surface area contributed by atoms with E-state index in [1.165, 1.54) is 0 Å². The van der Waals surface area contributed by atoms with E-state index in [-0.39, 0.29) is 11.9 Å². The maximum absolute atomic E-state index is 12.8. The molecule has 0 saturated carbocycles. The maximum atomic E-state index is 12.8. The standard InChI is InChI=1S/C18H31N5O2/c1-4-20-5-11-23(12-6-20)18(24)16(3)22-9-7-21(8-10-22)14-17-13-15(2)19-25-17/h13,16H,4-12,14H2,1-3H3. The van der Waals surface area contributed by atoms with Crippen LogP contribution in [0.5, 0.6) is 0 Å². The van der Waals surface area contributed by atoms with Crippen molar-refractivity contribution in [2.75, 3.05) is 58.9 Å². The van der Waals surface area contributed by atoms with Crippen molar-refractivity contribution in [2.45, 2.75) is 33.4 Å². The Hall–Kier alpha value is -1.44. The Morgan fingerprint density at radius 1 is 1.12 bits per heavy atom. The van der Waals surface area contributed by atoms with Crippen LogP contribution < -0.4 is 0 Å². The van der Waals surface area contributed by atoms with Crippen LogP contribution in [0.4, 0.5) is 0 Å². The van der Waals surface area contributed by atoms with Gasteiger partial charge in [0.1, 0.15) is 0 Å². The summed E-state index contributed by atoms with van der Waals surface area (Å²) in [4.78, 5) is 21.9. The van der Waals surface area contributed by atoms with Crippen molar-refractivity contribution < 1.29 is 9.32 Å². The molecule has 2 fully saturated rings. The van der Waals surface area contributed by atoms with Crippen LogP contribution >= 0.6 is 0 Å². The number of aromatic nitrogens is 1. The normalized spacial score (nSPS) is 22.3. The van der Waals surface area contributed by atoms with Gasteiger partial charge in [0.2, 0.25) is 5.91 Å². The van der Waals surface area contributed by atoms with Crippen LogP contribution in [0.1, 0.15) is 25.3 Å². The van der Waals surface area contributed by atoms with Crippen LogP contribution in [0.3, 0.4) is 0 Å². The van der Waals surface area contributed by atoms with Crippen molar-refractivity contribution in [3.63, 3.8) is 0 Å². The third kappa shape index (κ3) is 4.59. The summed E-state index contributed by atoms with van der Waals surface area (Å²) >= 11 is 0. The zero-order valence-corrected chi connectivity index (χ0v) is 15.8. The highest BCUT2D eigenvalue weighted by molar-refractivity contribution is 5.81. The molecule has 1 aromatic rings. The van der Waals surface area contributed by atoms with Crippen molar-refractivity contribution in [1.82, 2.24) is 24.8 Å². The summed E-state index contributed by atoms with van der Waals surface area (Å²) in [5.74, 6) is 1.21. The average Bonchev–Trinajstić information content (AvgIpc) is 3.06. The van der Waals surface area contributed by atoms with Crippen molar-refractivity contribution in [1.29, 1.82) is 0 Å². The lowest BCUT2D eigenvalue weighted by molar-refractivity contribution is -0.138. The minimum atomic E-state index is -0.0251. The van der Waals surface area contributed by atoms with Crippen LogP contribution in [0, 0.1) is 6.92 Å². The zero-order chi connectivity index (χ0) is 17.8. The molecule has 2 aliphatic heterocycles. The first-order valence-corrected chi connectivity index (χ1v) is 9.46. The molecule has 0 bridgehead atoms. The maximum Gasteiger partial charge on any atom is 0.239 e. The molecule has 0 N–H and O–H groups in total. The van der Waals surface area contributed by atoms with E-state index in [0.29, 0.717) is 0 Å². The lowest BCUT2D eigenvalue weighted by Crippen LogP contribution is -2.57. The van der Waals surface area contributed by atoms with Gasteiger partial charge in [0.15, 0.2) is 5.76 Å². The number of carbonyl (C=O) groups excluding carboxylic acids is 1. The Morgan fingerprint density at radius 2 is 1.76 bits per heavy atom. The van der Waals surface area contributed by atoms with E-state index in [1.54, 1.807) is 0 Å². The molecule has 0 aliphatic carbocycles. The highest BCUT2D eigenvalue weighted by Crippen LogP contribution is 2.13. The number of amides is 1. The molecule has 1 unspecified atom stereocenters. The Morgan fingerprint density at radius 3 is 2.32 bits per heavy atom. The summed E-state index contributed by atoms with van der Waals surface area (Å²) in [7, 11) is 0. The molecule has 2 saturated heterocycles. The smallest absolute Gasteiger partial charge is 0.239 e. The molecule has 7 heteroatoms. The summed E-state index contributed by atoms with van der Waals surface area (Å²) in [6.07, 6.45) is 0. The van der Waals surface area contributed by atoms with Crippen molar-refractivity contribution in [3.8, 4) is 0 Å². The molecule has 140 valence electrons. The van der Waals surface area contributed by atoms with E-state index >= 15 is 0 Å². The van der Waals surface area contributed by atoms with Crippen LogP contribution in [0.15, 0.2) is 10.6 Å². The SMILES string of the molecule is CCN1CCN(C(=O)C(C)N2CCN(Cc3cc(C)no3)CC2)CC1. The minimum absolute atomic E-state index is 0.0251. The molecule has 3 rings (SSSR count). The number of hydrogen-bond acceptors (Lipinski definition) is 6. The minimum Gasteiger partial charge on any atom is -0.360 e. The van der Waals surface area contributed by atoms with Gasteiger partial charge >= 0.3 is 0 Å². The highest BCUT2D eigenvalue weighted by Gasteiger charge is 2.30. The summed E-state index contributed by atoms with van der Waals surface area (Å²) in [5.41, 5.74) is 0.927. The lowest BCUT2D eigenvalue weighted by atomic mass is 10.2. The van der Waals surface area contributed by atoms with Gasteiger partial charge in [-0.15, -0.1) is 0 Å². The monoisotopic (exact) mass is 349 g/mol. The zero-order valence-electron chi connectivity index (χ0n) is 15.8. The largest absolute Gasteiger partial charge is 0.360 e. The molecule has 0 aromatic carbocycles. The third-order valence-corrected chi connectivity index (χ3v) is 5.50. The third-order valence-electron chi connectivity index (χ3n) is 5.50. The lowest BCUT2D eigenvalue weighted by Gasteiger charge is -2.40. The fourth-order valence-corrected chi connectivity index (χ4v) is 3.72. The van der Waals surface area contributed by atoms with Gasteiger partial charge in [-0.2, -0.15) is 0 Å². The van der Waals surface area contributed by atoms with Crippen LogP contribution in [-0.2, 0) is 11.3 Å². The molecule has 7 nitrogen and oxygen atoms in total. The fourth-order valence-electron chi connectivity index (χ4n) is 3.72. The average molecular weight is 349 g/mol. The van der Waals surface area contributed by atoms with Gasteiger partial charge in [0.25, 0.3) is 0 Å². The first kappa shape index (κ1) is 18.4. The number of aryl methyl sites for hydroxylation is 1. The van der Waals surface area contributed by atoms with Gasteiger partial charge in [-0.25, -0.2) is 0 Å². The van der Waals surface area contributed by atoms with E-state index in [0.717, 1.165) is 76.9 Å². The number of carbonyl (C=O) groups is 1. The summed E-state index contributed by atoms with van der Waals surface area (Å²) in [6.45, 7) is 15.6. The van der Waals surface area contributed by atoms with Gasteiger partial charge in [0.05, 0.1) is 18.3 Å². The van der Waals surface area contributed by atoms with Gasteiger partial charge in [-0.05, 0) is 20.4 Å². The second-order valence-electron chi connectivity index (χ2n) is 7.18. The predicted octanol–water partition coefficient (Wildman–Crippen LogP) is 0.653. The van der Waals surface area contributed by atoms with E-state index in [9.17, 15) is 4.79 Å².